The maximum Gasteiger partial charge on any atom is 0.345 e. The summed E-state index contributed by atoms with van der Waals surface area (Å²) in [5.41, 5.74) is -1.70. The first-order chi connectivity index (χ1) is 8.74. The molecule has 0 aromatic carbocycles. The van der Waals surface area contributed by atoms with Crippen LogP contribution in [-0.4, -0.2) is 33.9 Å². The Kier molecular flexibility index (Phi) is 7.87. The summed E-state index contributed by atoms with van der Waals surface area (Å²) >= 11 is 0. The van der Waals surface area contributed by atoms with Crippen LogP contribution in [0.15, 0.2) is 0 Å². The van der Waals surface area contributed by atoms with Gasteiger partial charge in [-0.15, -0.1) is 0 Å². The summed E-state index contributed by atoms with van der Waals surface area (Å²) in [4.78, 5) is 22.8. The van der Waals surface area contributed by atoms with Crippen LogP contribution in [0.4, 0.5) is 0 Å². The summed E-state index contributed by atoms with van der Waals surface area (Å²) in [5, 5.41) is 19.1. The number of rotatable bonds is 8. The highest BCUT2D eigenvalue weighted by Gasteiger charge is 2.36. The normalized spacial score (nSPS) is 17.4. The average molecular weight is 274 g/mol. The highest BCUT2D eigenvalue weighted by molar-refractivity contribution is 5.91. The van der Waals surface area contributed by atoms with Crippen LogP contribution >= 0.6 is 0 Å². The summed E-state index contributed by atoms with van der Waals surface area (Å²) in [7, 11) is 0. The van der Waals surface area contributed by atoms with E-state index in [1.165, 1.54) is 13.8 Å². The Morgan fingerprint density at radius 1 is 1.32 bits per heavy atom. The zero-order chi connectivity index (χ0) is 15.1. The van der Waals surface area contributed by atoms with E-state index >= 15 is 0 Å². The number of carbonyl (C=O) groups is 2. The Morgan fingerprint density at radius 2 is 1.89 bits per heavy atom. The van der Waals surface area contributed by atoms with Gasteiger partial charge in [0.25, 0.3) is 0 Å². The number of aliphatic hydroxyl groups excluding tert-OH is 1. The molecule has 0 rings (SSSR count). The van der Waals surface area contributed by atoms with Crippen LogP contribution in [0.25, 0.3) is 0 Å². The van der Waals surface area contributed by atoms with E-state index in [4.69, 9.17) is 5.11 Å². The molecule has 0 aliphatic carbocycles. The van der Waals surface area contributed by atoms with Gasteiger partial charge in [-0.3, -0.25) is 0 Å². The molecule has 0 radical (unpaired) electrons. The number of hydrogen-bond acceptors (Lipinski definition) is 5. The maximum atomic E-state index is 11.7. The SMILES string of the molecule is CCCCC(CC)CC(C)(O)C(=O)OC(=O)C(C)O. The van der Waals surface area contributed by atoms with Crippen molar-refractivity contribution in [3.8, 4) is 0 Å². The van der Waals surface area contributed by atoms with E-state index in [2.05, 4.69) is 11.7 Å². The third-order valence-corrected chi connectivity index (χ3v) is 3.20. The minimum absolute atomic E-state index is 0.212. The van der Waals surface area contributed by atoms with Crippen molar-refractivity contribution in [3.63, 3.8) is 0 Å². The molecular formula is C14H26O5. The lowest BCUT2D eigenvalue weighted by Gasteiger charge is -2.25. The van der Waals surface area contributed by atoms with Gasteiger partial charge in [0.1, 0.15) is 6.10 Å². The molecule has 5 nitrogen and oxygen atoms in total. The first-order valence-electron chi connectivity index (χ1n) is 6.91. The lowest BCUT2D eigenvalue weighted by atomic mass is 9.87. The van der Waals surface area contributed by atoms with Crippen molar-refractivity contribution >= 4 is 11.9 Å². The molecule has 19 heavy (non-hydrogen) atoms. The predicted molar refractivity (Wildman–Crippen MR) is 71.3 cm³/mol. The molecule has 0 saturated carbocycles. The Bertz CT molecular complexity index is 296. The fraction of sp³-hybridized carbons (Fsp3) is 0.857. The van der Waals surface area contributed by atoms with Crippen molar-refractivity contribution < 1.29 is 24.5 Å². The quantitative estimate of drug-likeness (QED) is 0.521. The molecule has 0 aliphatic rings. The van der Waals surface area contributed by atoms with Gasteiger partial charge >= 0.3 is 11.9 Å². The number of aliphatic hydroxyl groups is 2. The number of hydrogen-bond donors (Lipinski definition) is 2. The third kappa shape index (κ3) is 6.68. The van der Waals surface area contributed by atoms with E-state index in [-0.39, 0.29) is 12.3 Å². The van der Waals surface area contributed by atoms with Gasteiger partial charge in [0.2, 0.25) is 0 Å². The number of ether oxygens (including phenoxy) is 1. The third-order valence-electron chi connectivity index (χ3n) is 3.20. The second kappa shape index (κ2) is 8.27. The molecule has 0 saturated heterocycles. The molecule has 0 heterocycles. The molecule has 3 atom stereocenters. The van der Waals surface area contributed by atoms with E-state index in [9.17, 15) is 14.7 Å². The second-order valence-electron chi connectivity index (χ2n) is 5.28. The van der Waals surface area contributed by atoms with Gasteiger partial charge in [0, 0.05) is 0 Å². The van der Waals surface area contributed by atoms with Gasteiger partial charge in [-0.05, 0) is 26.2 Å². The highest BCUT2D eigenvalue weighted by atomic mass is 16.6. The molecule has 0 spiro atoms. The molecule has 0 bridgehead atoms. The van der Waals surface area contributed by atoms with E-state index in [1.807, 2.05) is 6.92 Å². The summed E-state index contributed by atoms with van der Waals surface area (Å²) in [6.07, 6.45) is 2.77. The molecule has 0 fully saturated rings. The monoisotopic (exact) mass is 274 g/mol. The highest BCUT2D eigenvalue weighted by Crippen LogP contribution is 2.25. The second-order valence-corrected chi connectivity index (χ2v) is 5.28. The first kappa shape index (κ1) is 18.1. The van der Waals surface area contributed by atoms with Crippen LogP contribution in [0.2, 0.25) is 0 Å². The van der Waals surface area contributed by atoms with Crippen molar-refractivity contribution in [1.82, 2.24) is 0 Å². The van der Waals surface area contributed by atoms with Gasteiger partial charge in [0.05, 0.1) is 0 Å². The smallest absolute Gasteiger partial charge is 0.345 e. The van der Waals surface area contributed by atoms with Crippen molar-refractivity contribution in [2.45, 2.75) is 71.5 Å². The fourth-order valence-electron chi connectivity index (χ4n) is 1.88. The van der Waals surface area contributed by atoms with Gasteiger partial charge in [-0.25, -0.2) is 9.59 Å². The minimum Gasteiger partial charge on any atom is -0.389 e. The maximum absolute atomic E-state index is 11.7. The Balaban J connectivity index is 4.49. The first-order valence-corrected chi connectivity index (χ1v) is 6.91. The van der Waals surface area contributed by atoms with Crippen LogP contribution < -0.4 is 0 Å². The number of esters is 2. The van der Waals surface area contributed by atoms with Gasteiger partial charge in [0.15, 0.2) is 5.60 Å². The largest absolute Gasteiger partial charge is 0.389 e. The van der Waals surface area contributed by atoms with Gasteiger partial charge < -0.3 is 14.9 Å². The van der Waals surface area contributed by atoms with E-state index < -0.39 is 23.6 Å². The van der Waals surface area contributed by atoms with E-state index in [0.29, 0.717) is 0 Å². The van der Waals surface area contributed by atoms with E-state index in [0.717, 1.165) is 25.7 Å². The summed E-state index contributed by atoms with van der Waals surface area (Å²) in [5.74, 6) is -1.82. The van der Waals surface area contributed by atoms with Gasteiger partial charge in [-0.2, -0.15) is 0 Å². The lowest BCUT2D eigenvalue weighted by Crippen LogP contribution is -2.41. The summed E-state index contributed by atoms with van der Waals surface area (Å²) in [6, 6.07) is 0. The lowest BCUT2D eigenvalue weighted by molar-refractivity contribution is -0.178. The molecular weight excluding hydrogens is 248 g/mol. The van der Waals surface area contributed by atoms with Gasteiger partial charge in [-0.1, -0.05) is 39.5 Å². The van der Waals surface area contributed by atoms with E-state index in [1.54, 1.807) is 0 Å². The molecule has 3 unspecified atom stereocenters. The summed E-state index contributed by atoms with van der Waals surface area (Å²) < 4.78 is 4.45. The van der Waals surface area contributed by atoms with Crippen molar-refractivity contribution in [2.75, 3.05) is 0 Å². The summed E-state index contributed by atoms with van der Waals surface area (Å²) in [6.45, 7) is 6.64. The molecule has 0 aromatic heterocycles. The molecule has 0 aliphatic heterocycles. The van der Waals surface area contributed by atoms with Crippen molar-refractivity contribution in [1.29, 1.82) is 0 Å². The average Bonchev–Trinajstić information content (AvgIpc) is 2.33. The number of unbranched alkanes of at least 4 members (excludes halogenated alkanes) is 1. The number of carbonyl (C=O) groups excluding carboxylic acids is 2. The predicted octanol–water partition coefficient (Wildman–Crippen LogP) is 1.79. The van der Waals surface area contributed by atoms with Crippen LogP contribution in [0.3, 0.4) is 0 Å². The van der Waals surface area contributed by atoms with Crippen LogP contribution in [0, 0.1) is 5.92 Å². The minimum atomic E-state index is -1.70. The molecule has 0 amide bonds. The topological polar surface area (TPSA) is 83.8 Å². The zero-order valence-electron chi connectivity index (χ0n) is 12.3. The van der Waals surface area contributed by atoms with Crippen LogP contribution in [-0.2, 0) is 14.3 Å². The molecule has 112 valence electrons. The Morgan fingerprint density at radius 3 is 2.32 bits per heavy atom. The van der Waals surface area contributed by atoms with Crippen molar-refractivity contribution in [3.05, 3.63) is 0 Å². The molecule has 5 heteroatoms. The van der Waals surface area contributed by atoms with Crippen LogP contribution in [0.1, 0.15) is 59.8 Å². The molecule has 0 aromatic rings. The van der Waals surface area contributed by atoms with Crippen molar-refractivity contribution in [2.24, 2.45) is 5.92 Å². The fourth-order valence-corrected chi connectivity index (χ4v) is 1.88. The standard InChI is InChI=1S/C14H26O5/c1-5-7-8-11(6-2)9-14(4,18)13(17)19-12(16)10(3)15/h10-11,15,18H,5-9H2,1-4H3. The zero-order valence-corrected chi connectivity index (χ0v) is 12.3. The molecule has 2 N–H and O–H groups in total. The Labute approximate surface area is 115 Å². The Hall–Kier alpha value is -0.940. The van der Waals surface area contributed by atoms with Crippen LogP contribution in [0.5, 0.6) is 0 Å².